The molecule has 0 aliphatic heterocycles. The van der Waals surface area contributed by atoms with Gasteiger partial charge < -0.3 is 10.4 Å². The van der Waals surface area contributed by atoms with Gasteiger partial charge in [0.2, 0.25) is 5.91 Å². The monoisotopic (exact) mass is 339 g/mol. The fourth-order valence-corrected chi connectivity index (χ4v) is 1.75. The predicted octanol–water partition coefficient (Wildman–Crippen LogP) is 3.57. The van der Waals surface area contributed by atoms with Crippen LogP contribution in [0.1, 0.15) is 24.8 Å². The van der Waals surface area contributed by atoms with E-state index < -0.39 is 11.7 Å². The molecular formula is C12H13BrF3NO2. The molecule has 0 bridgehead atoms. The number of nitrogens with one attached hydrogen (secondary N) is 1. The van der Waals surface area contributed by atoms with Crippen molar-refractivity contribution in [1.82, 2.24) is 0 Å². The summed E-state index contributed by atoms with van der Waals surface area (Å²) in [4.78, 5) is 11.5. The first-order chi connectivity index (χ1) is 8.84. The van der Waals surface area contributed by atoms with Gasteiger partial charge in [-0.15, -0.1) is 0 Å². The van der Waals surface area contributed by atoms with Gasteiger partial charge in [0.05, 0.1) is 11.3 Å². The molecule has 1 amide bonds. The molecule has 0 saturated heterocycles. The van der Waals surface area contributed by atoms with E-state index in [1.54, 1.807) is 0 Å². The van der Waals surface area contributed by atoms with Gasteiger partial charge >= 0.3 is 6.18 Å². The Morgan fingerprint density at radius 1 is 1.32 bits per heavy atom. The number of rotatable bonds is 5. The standard InChI is InChI=1S/C12H13BrF3NO2/c13-9-5-4-8(12(14,15)16)7-10(9)17-11(19)3-1-2-6-18/h4-5,7,18H,1-3,6H2,(H,17,19). The first-order valence-corrected chi connectivity index (χ1v) is 6.41. The van der Waals surface area contributed by atoms with E-state index in [0.717, 1.165) is 12.1 Å². The van der Waals surface area contributed by atoms with Crippen molar-refractivity contribution in [3.8, 4) is 0 Å². The van der Waals surface area contributed by atoms with E-state index in [2.05, 4.69) is 21.2 Å². The molecule has 0 fully saturated rings. The molecule has 0 atom stereocenters. The van der Waals surface area contributed by atoms with Crippen molar-refractivity contribution in [2.45, 2.75) is 25.4 Å². The lowest BCUT2D eigenvalue weighted by Crippen LogP contribution is -2.13. The summed E-state index contributed by atoms with van der Waals surface area (Å²) in [6.45, 7) is -0.0134. The zero-order chi connectivity index (χ0) is 14.5. The third kappa shape index (κ3) is 5.20. The van der Waals surface area contributed by atoms with Crippen molar-refractivity contribution in [3.63, 3.8) is 0 Å². The highest BCUT2D eigenvalue weighted by molar-refractivity contribution is 9.10. The molecule has 19 heavy (non-hydrogen) atoms. The maximum absolute atomic E-state index is 12.5. The molecule has 0 saturated carbocycles. The molecule has 1 rings (SSSR count). The number of amides is 1. The number of hydrogen-bond donors (Lipinski definition) is 2. The van der Waals surface area contributed by atoms with Gasteiger partial charge in [-0.2, -0.15) is 13.2 Å². The van der Waals surface area contributed by atoms with Crippen LogP contribution in [0.15, 0.2) is 22.7 Å². The van der Waals surface area contributed by atoms with E-state index in [-0.39, 0.29) is 24.6 Å². The van der Waals surface area contributed by atoms with Crippen LogP contribution in [0.2, 0.25) is 0 Å². The second-order valence-corrected chi connectivity index (χ2v) is 4.78. The van der Waals surface area contributed by atoms with Crippen molar-refractivity contribution in [2.24, 2.45) is 0 Å². The Morgan fingerprint density at radius 3 is 2.58 bits per heavy atom. The first-order valence-electron chi connectivity index (χ1n) is 5.62. The van der Waals surface area contributed by atoms with Gasteiger partial charge in [0, 0.05) is 17.5 Å². The van der Waals surface area contributed by atoms with E-state index in [4.69, 9.17) is 5.11 Å². The van der Waals surface area contributed by atoms with E-state index in [1.807, 2.05) is 0 Å². The summed E-state index contributed by atoms with van der Waals surface area (Å²) in [5, 5.41) is 11.0. The van der Waals surface area contributed by atoms with Gasteiger partial charge in [0.15, 0.2) is 0 Å². The lowest BCUT2D eigenvalue weighted by Gasteiger charge is -2.11. The summed E-state index contributed by atoms with van der Waals surface area (Å²) in [5.41, 5.74) is -0.731. The van der Waals surface area contributed by atoms with E-state index in [1.165, 1.54) is 6.07 Å². The number of alkyl halides is 3. The van der Waals surface area contributed by atoms with Gasteiger partial charge in [0.25, 0.3) is 0 Å². The number of unbranched alkanes of at least 4 members (excludes halogenated alkanes) is 1. The second kappa shape index (κ2) is 6.91. The molecular weight excluding hydrogens is 327 g/mol. The van der Waals surface area contributed by atoms with E-state index >= 15 is 0 Å². The molecule has 1 aromatic carbocycles. The number of halogens is 4. The molecule has 0 spiro atoms. The van der Waals surface area contributed by atoms with Gasteiger partial charge in [0.1, 0.15) is 0 Å². The topological polar surface area (TPSA) is 49.3 Å². The molecule has 0 heterocycles. The van der Waals surface area contributed by atoms with Crippen molar-refractivity contribution >= 4 is 27.5 Å². The third-order valence-electron chi connectivity index (χ3n) is 2.38. The molecule has 7 heteroatoms. The molecule has 1 aromatic rings. The highest BCUT2D eigenvalue weighted by Gasteiger charge is 2.31. The van der Waals surface area contributed by atoms with Crippen LogP contribution in [0.25, 0.3) is 0 Å². The van der Waals surface area contributed by atoms with Crippen LogP contribution in [0.5, 0.6) is 0 Å². The van der Waals surface area contributed by atoms with E-state index in [9.17, 15) is 18.0 Å². The largest absolute Gasteiger partial charge is 0.416 e. The number of carbonyl (C=O) groups excluding carboxylic acids is 1. The summed E-state index contributed by atoms with van der Waals surface area (Å²) in [5.74, 6) is -0.381. The Kier molecular flexibility index (Phi) is 5.81. The lowest BCUT2D eigenvalue weighted by atomic mass is 10.2. The Labute approximate surface area is 116 Å². The Bertz CT molecular complexity index is 449. The van der Waals surface area contributed by atoms with Crippen LogP contribution in [-0.2, 0) is 11.0 Å². The summed E-state index contributed by atoms with van der Waals surface area (Å²) >= 11 is 3.09. The minimum atomic E-state index is -4.45. The Morgan fingerprint density at radius 2 is 2.00 bits per heavy atom. The summed E-state index contributed by atoms with van der Waals surface area (Å²) < 4.78 is 38.0. The number of aliphatic hydroxyl groups is 1. The Hall–Kier alpha value is -1.08. The second-order valence-electron chi connectivity index (χ2n) is 3.92. The average molecular weight is 340 g/mol. The maximum atomic E-state index is 12.5. The zero-order valence-electron chi connectivity index (χ0n) is 9.93. The Balaban J connectivity index is 2.74. The predicted molar refractivity (Wildman–Crippen MR) is 68.7 cm³/mol. The van der Waals surface area contributed by atoms with Crippen molar-refractivity contribution in [1.29, 1.82) is 0 Å². The molecule has 0 aliphatic carbocycles. The summed E-state index contributed by atoms with van der Waals surface area (Å²) in [6.07, 6.45) is -3.32. The SMILES string of the molecule is O=C(CCCCO)Nc1cc(C(F)(F)F)ccc1Br. The molecule has 0 unspecified atom stereocenters. The minimum Gasteiger partial charge on any atom is -0.396 e. The third-order valence-corrected chi connectivity index (χ3v) is 3.07. The highest BCUT2D eigenvalue weighted by atomic mass is 79.9. The normalized spacial score (nSPS) is 11.4. The molecule has 0 aliphatic rings. The molecule has 106 valence electrons. The molecule has 2 N–H and O–H groups in total. The number of aliphatic hydroxyl groups excluding tert-OH is 1. The van der Waals surface area contributed by atoms with Crippen LogP contribution in [0.4, 0.5) is 18.9 Å². The van der Waals surface area contributed by atoms with Gasteiger partial charge in [-0.05, 0) is 47.0 Å². The van der Waals surface area contributed by atoms with Crippen LogP contribution in [-0.4, -0.2) is 17.6 Å². The van der Waals surface area contributed by atoms with E-state index in [0.29, 0.717) is 17.3 Å². The summed E-state index contributed by atoms with van der Waals surface area (Å²) in [7, 11) is 0. The lowest BCUT2D eigenvalue weighted by molar-refractivity contribution is -0.137. The fraction of sp³-hybridized carbons (Fsp3) is 0.417. The van der Waals surface area contributed by atoms with Crippen LogP contribution in [0, 0.1) is 0 Å². The van der Waals surface area contributed by atoms with Gasteiger partial charge in [-0.25, -0.2) is 0 Å². The number of carbonyl (C=O) groups is 1. The fourth-order valence-electron chi connectivity index (χ4n) is 1.41. The quantitative estimate of drug-likeness (QED) is 0.805. The maximum Gasteiger partial charge on any atom is 0.416 e. The van der Waals surface area contributed by atoms with Crippen LogP contribution >= 0.6 is 15.9 Å². The first kappa shape index (κ1) is 16.0. The average Bonchev–Trinajstić information content (AvgIpc) is 2.31. The van der Waals surface area contributed by atoms with Crippen molar-refractivity contribution in [3.05, 3.63) is 28.2 Å². The number of hydrogen-bond acceptors (Lipinski definition) is 2. The number of anilines is 1. The van der Waals surface area contributed by atoms with Gasteiger partial charge in [-0.3, -0.25) is 4.79 Å². The van der Waals surface area contributed by atoms with Crippen molar-refractivity contribution in [2.75, 3.05) is 11.9 Å². The smallest absolute Gasteiger partial charge is 0.396 e. The van der Waals surface area contributed by atoms with Crippen LogP contribution in [0.3, 0.4) is 0 Å². The van der Waals surface area contributed by atoms with Crippen LogP contribution < -0.4 is 5.32 Å². The summed E-state index contributed by atoms with van der Waals surface area (Å²) in [6, 6.07) is 3.06. The zero-order valence-corrected chi connectivity index (χ0v) is 11.5. The van der Waals surface area contributed by atoms with Gasteiger partial charge in [-0.1, -0.05) is 0 Å². The highest BCUT2D eigenvalue weighted by Crippen LogP contribution is 2.33. The molecule has 3 nitrogen and oxygen atoms in total. The minimum absolute atomic E-state index is 0.0134. The molecule has 0 aromatic heterocycles. The van der Waals surface area contributed by atoms with Crippen molar-refractivity contribution < 1.29 is 23.1 Å². The number of benzene rings is 1. The molecule has 0 radical (unpaired) electrons.